The van der Waals surface area contributed by atoms with Crippen LogP contribution in [0.1, 0.15) is 15.9 Å². The number of rotatable bonds is 4. The van der Waals surface area contributed by atoms with Gasteiger partial charge in [0, 0.05) is 28.1 Å². The van der Waals surface area contributed by atoms with Gasteiger partial charge in [0.1, 0.15) is 0 Å². The van der Waals surface area contributed by atoms with Crippen LogP contribution in [0.2, 0.25) is 0 Å². The van der Waals surface area contributed by atoms with E-state index in [0.717, 1.165) is 23.5 Å². The molecule has 0 aliphatic rings. The van der Waals surface area contributed by atoms with E-state index in [1.165, 1.54) is 24.3 Å². The third kappa shape index (κ3) is 3.57. The first-order valence-corrected chi connectivity index (χ1v) is 8.20. The maximum Gasteiger partial charge on any atom is 0.272 e. The molecule has 0 saturated heterocycles. The van der Waals surface area contributed by atoms with Gasteiger partial charge in [0.05, 0.1) is 10.6 Å². The molecule has 0 aliphatic carbocycles. The molecular formula is C17H11F2N3O3S. The van der Waals surface area contributed by atoms with Crippen LogP contribution in [0.5, 0.6) is 0 Å². The van der Waals surface area contributed by atoms with Gasteiger partial charge >= 0.3 is 0 Å². The molecule has 6 nitrogen and oxygen atoms in total. The molecule has 1 amide bonds. The summed E-state index contributed by atoms with van der Waals surface area (Å²) < 4.78 is 26.3. The van der Waals surface area contributed by atoms with Crippen molar-refractivity contribution in [1.82, 2.24) is 4.98 Å². The summed E-state index contributed by atoms with van der Waals surface area (Å²) in [6.45, 7) is 1.54. The number of carbonyl (C=O) groups excluding carboxylic acids is 1. The number of carbonyl (C=O) groups is 1. The molecule has 0 spiro atoms. The highest BCUT2D eigenvalue weighted by molar-refractivity contribution is 7.14. The second-order valence-electron chi connectivity index (χ2n) is 5.38. The molecule has 0 bridgehead atoms. The first-order chi connectivity index (χ1) is 12.3. The minimum absolute atomic E-state index is 0.0728. The SMILES string of the molecule is Cc1cc(C(=O)Nc2nc(-c3ccc(F)c(F)c3)cs2)ccc1[N+](=O)[O-]. The molecule has 0 aliphatic heterocycles. The number of nitrogens with zero attached hydrogens (tertiary/aromatic N) is 2. The van der Waals surface area contributed by atoms with Crippen LogP contribution in [-0.2, 0) is 0 Å². The number of benzene rings is 2. The Balaban J connectivity index is 1.78. The van der Waals surface area contributed by atoms with Gasteiger partial charge in [-0.2, -0.15) is 0 Å². The zero-order valence-electron chi connectivity index (χ0n) is 13.3. The fraction of sp³-hybridized carbons (Fsp3) is 0.0588. The number of halogens is 2. The number of nitrogens with one attached hydrogen (secondary N) is 1. The molecule has 1 N–H and O–H groups in total. The number of hydrogen-bond acceptors (Lipinski definition) is 5. The smallest absolute Gasteiger partial charge is 0.272 e. The molecule has 1 aromatic heterocycles. The predicted molar refractivity (Wildman–Crippen MR) is 93.3 cm³/mol. The lowest BCUT2D eigenvalue weighted by molar-refractivity contribution is -0.385. The van der Waals surface area contributed by atoms with E-state index in [-0.39, 0.29) is 16.4 Å². The highest BCUT2D eigenvalue weighted by Crippen LogP contribution is 2.27. The monoisotopic (exact) mass is 375 g/mol. The Morgan fingerprint density at radius 3 is 2.62 bits per heavy atom. The van der Waals surface area contributed by atoms with Crippen LogP contribution in [0.25, 0.3) is 11.3 Å². The van der Waals surface area contributed by atoms with Crippen LogP contribution in [0.15, 0.2) is 41.8 Å². The summed E-state index contributed by atoms with van der Waals surface area (Å²) in [6.07, 6.45) is 0. The van der Waals surface area contributed by atoms with E-state index >= 15 is 0 Å². The van der Waals surface area contributed by atoms with E-state index in [1.54, 1.807) is 12.3 Å². The molecule has 0 radical (unpaired) electrons. The summed E-state index contributed by atoms with van der Waals surface area (Å²) in [5.41, 5.74) is 1.31. The molecular weight excluding hydrogens is 364 g/mol. The van der Waals surface area contributed by atoms with Crippen LogP contribution in [0, 0.1) is 28.7 Å². The molecule has 9 heteroatoms. The van der Waals surface area contributed by atoms with E-state index in [0.29, 0.717) is 16.8 Å². The zero-order chi connectivity index (χ0) is 18.8. The van der Waals surface area contributed by atoms with Crippen molar-refractivity contribution in [3.63, 3.8) is 0 Å². The lowest BCUT2D eigenvalue weighted by atomic mass is 10.1. The van der Waals surface area contributed by atoms with Crippen molar-refractivity contribution >= 4 is 28.1 Å². The lowest BCUT2D eigenvalue weighted by Crippen LogP contribution is -2.12. The zero-order valence-corrected chi connectivity index (χ0v) is 14.1. The van der Waals surface area contributed by atoms with E-state index < -0.39 is 22.5 Å². The molecule has 132 valence electrons. The summed E-state index contributed by atoms with van der Waals surface area (Å²) in [4.78, 5) is 26.7. The molecule has 0 unspecified atom stereocenters. The van der Waals surface area contributed by atoms with Gasteiger partial charge in [0.25, 0.3) is 11.6 Å². The van der Waals surface area contributed by atoms with E-state index in [1.807, 2.05) is 0 Å². The number of aromatic nitrogens is 1. The van der Waals surface area contributed by atoms with Crippen LogP contribution in [-0.4, -0.2) is 15.8 Å². The van der Waals surface area contributed by atoms with Crippen LogP contribution in [0.4, 0.5) is 19.6 Å². The molecule has 26 heavy (non-hydrogen) atoms. The first kappa shape index (κ1) is 17.6. The number of hydrogen-bond donors (Lipinski definition) is 1. The van der Waals surface area contributed by atoms with Crippen molar-refractivity contribution < 1.29 is 18.5 Å². The summed E-state index contributed by atoms with van der Waals surface area (Å²) in [5, 5.41) is 15.3. The Kier molecular flexibility index (Phi) is 4.72. The van der Waals surface area contributed by atoms with Crippen molar-refractivity contribution in [1.29, 1.82) is 0 Å². The largest absolute Gasteiger partial charge is 0.298 e. The van der Waals surface area contributed by atoms with Gasteiger partial charge in [-0.3, -0.25) is 20.2 Å². The van der Waals surface area contributed by atoms with Gasteiger partial charge in [0.15, 0.2) is 16.8 Å². The van der Waals surface area contributed by atoms with E-state index in [4.69, 9.17) is 0 Å². The quantitative estimate of drug-likeness (QED) is 0.535. The number of amides is 1. The Morgan fingerprint density at radius 2 is 1.96 bits per heavy atom. The summed E-state index contributed by atoms with van der Waals surface area (Å²) >= 11 is 1.12. The molecule has 3 aromatic rings. The van der Waals surface area contributed by atoms with Gasteiger partial charge in [-0.25, -0.2) is 13.8 Å². The van der Waals surface area contributed by atoms with Gasteiger partial charge in [-0.15, -0.1) is 11.3 Å². The summed E-state index contributed by atoms with van der Waals surface area (Å²) in [7, 11) is 0. The third-order valence-corrected chi connectivity index (χ3v) is 4.35. The van der Waals surface area contributed by atoms with Crippen molar-refractivity contribution in [2.75, 3.05) is 5.32 Å². The molecule has 1 heterocycles. The average molecular weight is 375 g/mol. The standard InChI is InChI=1S/C17H11F2N3O3S/c1-9-6-11(3-5-15(9)22(24)25)16(23)21-17-20-14(8-26-17)10-2-4-12(18)13(19)7-10/h2-8H,1H3,(H,20,21,23). The van der Waals surface area contributed by atoms with Crippen LogP contribution >= 0.6 is 11.3 Å². The molecule has 0 atom stereocenters. The Labute approximate surface area is 150 Å². The number of thiazole rings is 1. The van der Waals surface area contributed by atoms with Crippen LogP contribution < -0.4 is 5.32 Å². The fourth-order valence-electron chi connectivity index (χ4n) is 2.29. The van der Waals surface area contributed by atoms with Gasteiger partial charge < -0.3 is 0 Å². The lowest BCUT2D eigenvalue weighted by Gasteiger charge is -2.03. The Hall–Kier alpha value is -3.20. The third-order valence-electron chi connectivity index (χ3n) is 3.60. The maximum absolute atomic E-state index is 13.3. The highest BCUT2D eigenvalue weighted by atomic mass is 32.1. The molecule has 0 saturated carbocycles. The first-order valence-electron chi connectivity index (χ1n) is 7.32. The minimum Gasteiger partial charge on any atom is -0.298 e. The van der Waals surface area contributed by atoms with Crippen molar-refractivity contribution in [2.24, 2.45) is 0 Å². The van der Waals surface area contributed by atoms with Gasteiger partial charge in [0.2, 0.25) is 0 Å². The maximum atomic E-state index is 13.3. The Bertz CT molecular complexity index is 1020. The minimum atomic E-state index is -0.984. The summed E-state index contributed by atoms with van der Waals surface area (Å²) in [6, 6.07) is 7.44. The Morgan fingerprint density at radius 1 is 1.19 bits per heavy atom. The van der Waals surface area contributed by atoms with Gasteiger partial charge in [-0.05, 0) is 37.3 Å². The molecule has 2 aromatic carbocycles. The summed E-state index contributed by atoms with van der Waals surface area (Å²) in [5.74, 6) is -2.41. The fourth-order valence-corrected chi connectivity index (χ4v) is 3.00. The van der Waals surface area contributed by atoms with Crippen molar-refractivity contribution in [3.8, 4) is 11.3 Å². The number of anilines is 1. The molecule has 0 fully saturated rings. The number of nitro groups is 1. The van der Waals surface area contributed by atoms with Crippen LogP contribution in [0.3, 0.4) is 0 Å². The normalized spacial score (nSPS) is 10.6. The average Bonchev–Trinajstić information content (AvgIpc) is 3.05. The second kappa shape index (κ2) is 6.96. The van der Waals surface area contributed by atoms with E-state index in [9.17, 15) is 23.7 Å². The van der Waals surface area contributed by atoms with Crippen molar-refractivity contribution in [2.45, 2.75) is 6.92 Å². The molecule has 3 rings (SSSR count). The van der Waals surface area contributed by atoms with E-state index in [2.05, 4.69) is 10.3 Å². The topological polar surface area (TPSA) is 85.1 Å². The van der Waals surface area contributed by atoms with Crippen molar-refractivity contribution in [3.05, 3.63) is 74.7 Å². The highest BCUT2D eigenvalue weighted by Gasteiger charge is 2.15. The van der Waals surface area contributed by atoms with Gasteiger partial charge in [-0.1, -0.05) is 0 Å². The predicted octanol–water partition coefficient (Wildman–Crippen LogP) is 4.56. The number of nitro benzene ring substituents is 1. The second-order valence-corrected chi connectivity index (χ2v) is 6.24. The number of aryl methyl sites for hydroxylation is 1.